The summed E-state index contributed by atoms with van der Waals surface area (Å²) < 4.78 is 6.24. The van der Waals surface area contributed by atoms with Gasteiger partial charge in [0.05, 0.1) is 6.10 Å². The Morgan fingerprint density at radius 1 is 1.24 bits per heavy atom. The first kappa shape index (κ1) is 16.4. The maximum absolute atomic E-state index is 6.24. The van der Waals surface area contributed by atoms with Gasteiger partial charge in [-0.3, -0.25) is 0 Å². The van der Waals surface area contributed by atoms with E-state index in [1.54, 1.807) is 0 Å². The molecule has 1 aromatic carbocycles. The molecule has 0 bridgehead atoms. The molecule has 1 aliphatic carbocycles. The molecule has 1 aliphatic rings. The van der Waals surface area contributed by atoms with E-state index in [9.17, 15) is 0 Å². The predicted molar refractivity (Wildman–Crippen MR) is 89.7 cm³/mol. The Balaban J connectivity index is 2.00. The number of hydrogen-bond acceptors (Lipinski definition) is 2. The third kappa shape index (κ3) is 4.47. The lowest BCUT2D eigenvalue weighted by molar-refractivity contribution is 0.0562. The van der Waals surface area contributed by atoms with Crippen molar-refractivity contribution in [2.24, 2.45) is 11.3 Å². The second-order valence-electron chi connectivity index (χ2n) is 7.47. The summed E-state index contributed by atoms with van der Waals surface area (Å²) in [4.78, 5) is 0. The van der Waals surface area contributed by atoms with Gasteiger partial charge in [-0.05, 0) is 61.8 Å². The Morgan fingerprint density at radius 2 is 1.90 bits per heavy atom. The van der Waals surface area contributed by atoms with Crippen LogP contribution in [0, 0.1) is 11.3 Å². The van der Waals surface area contributed by atoms with E-state index in [4.69, 9.17) is 4.74 Å². The summed E-state index contributed by atoms with van der Waals surface area (Å²) in [6.45, 7) is 9.28. The summed E-state index contributed by atoms with van der Waals surface area (Å²) in [7, 11) is 2.02. The van der Waals surface area contributed by atoms with Crippen LogP contribution in [0.5, 0.6) is 5.75 Å². The van der Waals surface area contributed by atoms with Crippen molar-refractivity contribution in [3.05, 3.63) is 29.8 Å². The third-order valence-electron chi connectivity index (χ3n) is 4.69. The van der Waals surface area contributed by atoms with Crippen LogP contribution in [0.25, 0.3) is 0 Å². The van der Waals surface area contributed by atoms with E-state index >= 15 is 0 Å². The first-order valence-electron chi connectivity index (χ1n) is 8.37. The fourth-order valence-corrected chi connectivity index (χ4v) is 3.93. The van der Waals surface area contributed by atoms with Crippen molar-refractivity contribution in [3.63, 3.8) is 0 Å². The number of hydrogen-bond donors (Lipinski definition) is 1. The van der Waals surface area contributed by atoms with E-state index in [1.807, 2.05) is 7.05 Å². The van der Waals surface area contributed by atoms with E-state index in [2.05, 4.69) is 57.3 Å². The molecule has 1 fully saturated rings. The van der Waals surface area contributed by atoms with Gasteiger partial charge in [0.15, 0.2) is 0 Å². The average Bonchev–Trinajstić information content (AvgIpc) is 2.39. The summed E-state index contributed by atoms with van der Waals surface area (Å²) in [5.74, 6) is 1.77. The fourth-order valence-electron chi connectivity index (χ4n) is 3.93. The van der Waals surface area contributed by atoms with Gasteiger partial charge in [0, 0.05) is 6.04 Å². The lowest BCUT2D eigenvalue weighted by Gasteiger charge is -2.38. The lowest BCUT2D eigenvalue weighted by Crippen LogP contribution is -2.34. The standard InChI is InChI=1S/C19H31NO/c1-6-18(20-5)15-7-9-16(10-8-15)21-17-11-14(2)12-19(3,4)13-17/h7-10,14,17-18,20H,6,11-13H2,1-5H3. The maximum Gasteiger partial charge on any atom is 0.119 e. The van der Waals surface area contributed by atoms with Crippen molar-refractivity contribution < 1.29 is 4.74 Å². The van der Waals surface area contributed by atoms with Crippen LogP contribution in [0.4, 0.5) is 0 Å². The molecule has 2 nitrogen and oxygen atoms in total. The van der Waals surface area contributed by atoms with Gasteiger partial charge in [-0.2, -0.15) is 0 Å². The summed E-state index contributed by atoms with van der Waals surface area (Å²) in [6.07, 6.45) is 5.12. The molecule has 2 heteroatoms. The molecule has 2 rings (SSSR count). The van der Waals surface area contributed by atoms with E-state index < -0.39 is 0 Å². The molecule has 0 amide bonds. The van der Waals surface area contributed by atoms with Gasteiger partial charge in [0.25, 0.3) is 0 Å². The van der Waals surface area contributed by atoms with Gasteiger partial charge in [0.2, 0.25) is 0 Å². The van der Waals surface area contributed by atoms with Gasteiger partial charge >= 0.3 is 0 Å². The van der Waals surface area contributed by atoms with Crippen molar-refractivity contribution in [1.29, 1.82) is 0 Å². The predicted octanol–water partition coefficient (Wildman–Crippen LogP) is 4.95. The zero-order chi connectivity index (χ0) is 15.5. The Bertz CT molecular complexity index is 433. The maximum atomic E-state index is 6.24. The molecular weight excluding hydrogens is 258 g/mol. The molecule has 0 aliphatic heterocycles. The Labute approximate surface area is 130 Å². The van der Waals surface area contributed by atoms with Crippen LogP contribution in [-0.2, 0) is 0 Å². The van der Waals surface area contributed by atoms with Gasteiger partial charge in [-0.15, -0.1) is 0 Å². The molecule has 21 heavy (non-hydrogen) atoms. The van der Waals surface area contributed by atoms with Crippen LogP contribution >= 0.6 is 0 Å². The number of nitrogens with one attached hydrogen (secondary N) is 1. The van der Waals surface area contributed by atoms with Crippen LogP contribution in [0.1, 0.15) is 65.0 Å². The summed E-state index contributed by atoms with van der Waals surface area (Å²) in [6, 6.07) is 9.07. The van der Waals surface area contributed by atoms with Gasteiger partial charge in [-0.1, -0.05) is 39.8 Å². The highest BCUT2D eigenvalue weighted by atomic mass is 16.5. The molecule has 0 radical (unpaired) electrons. The third-order valence-corrected chi connectivity index (χ3v) is 4.69. The molecule has 1 aromatic rings. The highest BCUT2D eigenvalue weighted by molar-refractivity contribution is 5.29. The minimum atomic E-state index is 0.362. The Morgan fingerprint density at radius 3 is 2.43 bits per heavy atom. The normalized spacial score (nSPS) is 26.3. The van der Waals surface area contributed by atoms with Crippen molar-refractivity contribution in [1.82, 2.24) is 5.32 Å². The smallest absolute Gasteiger partial charge is 0.119 e. The van der Waals surface area contributed by atoms with E-state index in [-0.39, 0.29) is 0 Å². The molecule has 0 heterocycles. The van der Waals surface area contributed by atoms with Crippen LogP contribution in [0.15, 0.2) is 24.3 Å². The van der Waals surface area contributed by atoms with Crippen molar-refractivity contribution in [3.8, 4) is 5.75 Å². The quantitative estimate of drug-likeness (QED) is 0.828. The molecule has 1 saturated carbocycles. The molecule has 3 unspecified atom stereocenters. The average molecular weight is 289 g/mol. The molecule has 0 aromatic heterocycles. The van der Waals surface area contributed by atoms with Crippen molar-refractivity contribution >= 4 is 0 Å². The number of ether oxygens (including phenoxy) is 1. The summed E-state index contributed by atoms with van der Waals surface area (Å²) in [5, 5.41) is 3.34. The van der Waals surface area contributed by atoms with Crippen molar-refractivity contribution in [2.75, 3.05) is 7.05 Å². The molecule has 0 saturated heterocycles. The van der Waals surface area contributed by atoms with Crippen LogP contribution in [-0.4, -0.2) is 13.2 Å². The highest BCUT2D eigenvalue weighted by Gasteiger charge is 2.33. The van der Waals surface area contributed by atoms with Crippen LogP contribution in [0.3, 0.4) is 0 Å². The number of rotatable bonds is 5. The summed E-state index contributed by atoms with van der Waals surface area (Å²) >= 11 is 0. The SMILES string of the molecule is CCC(NC)c1ccc(OC2CC(C)CC(C)(C)C2)cc1. The lowest BCUT2D eigenvalue weighted by atomic mass is 9.71. The molecule has 118 valence electrons. The van der Waals surface area contributed by atoms with Crippen LogP contribution in [0.2, 0.25) is 0 Å². The zero-order valence-corrected chi connectivity index (χ0v) is 14.3. The topological polar surface area (TPSA) is 21.3 Å². The first-order chi connectivity index (χ1) is 9.93. The van der Waals surface area contributed by atoms with Gasteiger partial charge < -0.3 is 10.1 Å². The largest absolute Gasteiger partial charge is 0.490 e. The van der Waals surface area contributed by atoms with Crippen LogP contribution < -0.4 is 10.1 Å². The second-order valence-corrected chi connectivity index (χ2v) is 7.47. The van der Waals surface area contributed by atoms with Crippen molar-refractivity contribution in [2.45, 2.75) is 65.5 Å². The monoisotopic (exact) mass is 289 g/mol. The van der Waals surface area contributed by atoms with Gasteiger partial charge in [0.1, 0.15) is 5.75 Å². The number of benzene rings is 1. The molecular formula is C19H31NO. The van der Waals surface area contributed by atoms with E-state index in [1.165, 1.54) is 18.4 Å². The fraction of sp³-hybridized carbons (Fsp3) is 0.684. The Kier molecular flexibility index (Phi) is 5.32. The minimum Gasteiger partial charge on any atom is -0.490 e. The van der Waals surface area contributed by atoms with E-state index in [0.717, 1.165) is 24.5 Å². The Hall–Kier alpha value is -1.02. The second kappa shape index (κ2) is 6.83. The highest BCUT2D eigenvalue weighted by Crippen LogP contribution is 2.40. The molecule has 3 atom stereocenters. The zero-order valence-electron chi connectivity index (χ0n) is 14.3. The molecule has 1 N–H and O–H groups in total. The molecule has 0 spiro atoms. The summed E-state index contributed by atoms with van der Waals surface area (Å²) in [5.41, 5.74) is 1.74. The van der Waals surface area contributed by atoms with E-state index in [0.29, 0.717) is 17.6 Å². The first-order valence-corrected chi connectivity index (χ1v) is 8.37. The van der Waals surface area contributed by atoms with Gasteiger partial charge in [-0.25, -0.2) is 0 Å². The minimum absolute atomic E-state index is 0.362.